The number of carboxylic acids is 1. The van der Waals surface area contributed by atoms with Gasteiger partial charge in [0.25, 0.3) is 5.91 Å². The Hall–Kier alpha value is -2.24. The summed E-state index contributed by atoms with van der Waals surface area (Å²) in [6.07, 6.45) is 0. The Labute approximate surface area is 130 Å². The van der Waals surface area contributed by atoms with Gasteiger partial charge in [-0.2, -0.15) is 0 Å². The number of carbonyl (C=O) groups excluding carboxylic acids is 1. The molecule has 0 fully saturated rings. The molecule has 0 aliphatic rings. The third-order valence-corrected chi connectivity index (χ3v) is 2.99. The van der Waals surface area contributed by atoms with Crippen LogP contribution in [0.2, 0.25) is 0 Å². The van der Waals surface area contributed by atoms with E-state index in [4.69, 9.17) is 14.6 Å². The molecule has 0 heterocycles. The summed E-state index contributed by atoms with van der Waals surface area (Å²) in [7, 11) is 1.53. The number of amides is 1. The minimum atomic E-state index is -1.05. The van der Waals surface area contributed by atoms with Crippen LogP contribution in [0.1, 0.15) is 31.1 Å². The van der Waals surface area contributed by atoms with Crippen molar-refractivity contribution in [3.8, 4) is 11.5 Å². The van der Waals surface area contributed by atoms with Crippen molar-refractivity contribution in [2.75, 3.05) is 26.8 Å². The molecule has 22 heavy (non-hydrogen) atoms. The quantitative estimate of drug-likeness (QED) is 0.797. The normalized spacial score (nSPS) is 10.4. The van der Waals surface area contributed by atoms with E-state index in [1.54, 1.807) is 25.1 Å². The minimum Gasteiger partial charge on any atom is -0.497 e. The summed E-state index contributed by atoms with van der Waals surface area (Å²) < 4.78 is 10.8. The number of likely N-dealkylation sites (N-methyl/N-ethyl adjacent to an activating group) is 1. The zero-order valence-corrected chi connectivity index (χ0v) is 13.5. The van der Waals surface area contributed by atoms with E-state index < -0.39 is 5.97 Å². The number of methoxy groups -OCH3 is 1. The molecule has 0 unspecified atom stereocenters. The monoisotopic (exact) mass is 309 g/mol. The van der Waals surface area contributed by atoms with Gasteiger partial charge < -0.3 is 19.5 Å². The summed E-state index contributed by atoms with van der Waals surface area (Å²) in [6, 6.07) is 4.90. The van der Waals surface area contributed by atoms with Crippen LogP contribution in [0.5, 0.6) is 11.5 Å². The smallest absolute Gasteiger partial charge is 0.323 e. The Bertz CT molecular complexity index is 527. The van der Waals surface area contributed by atoms with Crippen LogP contribution in [-0.2, 0) is 4.79 Å². The topological polar surface area (TPSA) is 76.1 Å². The summed E-state index contributed by atoms with van der Waals surface area (Å²) >= 11 is 0. The second-order valence-corrected chi connectivity index (χ2v) is 5.28. The van der Waals surface area contributed by atoms with Crippen molar-refractivity contribution in [2.24, 2.45) is 5.92 Å². The molecule has 0 radical (unpaired) electrons. The predicted molar refractivity (Wildman–Crippen MR) is 82.5 cm³/mol. The molecule has 0 bridgehead atoms. The van der Waals surface area contributed by atoms with E-state index in [0.29, 0.717) is 36.1 Å². The van der Waals surface area contributed by atoms with Gasteiger partial charge in [0, 0.05) is 12.6 Å². The predicted octanol–water partition coefficient (Wildman–Crippen LogP) is 2.28. The summed E-state index contributed by atoms with van der Waals surface area (Å²) in [6.45, 7) is 6.16. The van der Waals surface area contributed by atoms with Gasteiger partial charge >= 0.3 is 5.97 Å². The van der Waals surface area contributed by atoms with Gasteiger partial charge in [-0.05, 0) is 25.0 Å². The molecule has 122 valence electrons. The van der Waals surface area contributed by atoms with Gasteiger partial charge in [-0.25, -0.2) is 0 Å². The maximum atomic E-state index is 12.5. The first kappa shape index (κ1) is 17.8. The van der Waals surface area contributed by atoms with E-state index in [1.165, 1.54) is 12.0 Å². The number of ether oxygens (including phenoxy) is 2. The second-order valence-electron chi connectivity index (χ2n) is 5.28. The van der Waals surface area contributed by atoms with Crippen LogP contribution in [0.15, 0.2) is 18.2 Å². The molecule has 0 aromatic heterocycles. The van der Waals surface area contributed by atoms with Crippen molar-refractivity contribution in [1.82, 2.24) is 4.90 Å². The number of carbonyl (C=O) groups is 2. The lowest BCUT2D eigenvalue weighted by molar-refractivity contribution is -0.137. The standard InChI is InChI=1S/C16H23NO5/c1-5-17(9-15(18)19)16(20)13-7-6-12(21-4)8-14(13)22-10-11(2)3/h6-8,11H,5,9-10H2,1-4H3,(H,18,19). The lowest BCUT2D eigenvalue weighted by Gasteiger charge is -2.21. The fraction of sp³-hybridized carbons (Fsp3) is 0.500. The van der Waals surface area contributed by atoms with E-state index in [2.05, 4.69) is 0 Å². The Morgan fingerprint density at radius 3 is 2.50 bits per heavy atom. The average molecular weight is 309 g/mol. The summed E-state index contributed by atoms with van der Waals surface area (Å²) in [5, 5.41) is 8.89. The molecule has 6 nitrogen and oxygen atoms in total. The van der Waals surface area contributed by atoms with E-state index in [9.17, 15) is 9.59 Å². The lowest BCUT2D eigenvalue weighted by Crippen LogP contribution is -2.35. The number of benzene rings is 1. The van der Waals surface area contributed by atoms with Crippen molar-refractivity contribution in [3.05, 3.63) is 23.8 Å². The van der Waals surface area contributed by atoms with E-state index in [1.807, 2.05) is 13.8 Å². The molecule has 0 aliphatic carbocycles. The number of hydrogen-bond donors (Lipinski definition) is 1. The molecule has 1 N–H and O–H groups in total. The first-order chi connectivity index (χ1) is 10.4. The van der Waals surface area contributed by atoms with Gasteiger partial charge in [-0.1, -0.05) is 13.8 Å². The van der Waals surface area contributed by atoms with Crippen molar-refractivity contribution >= 4 is 11.9 Å². The molecule has 0 atom stereocenters. The minimum absolute atomic E-state index is 0.301. The summed E-state index contributed by atoms with van der Waals surface area (Å²) in [5.41, 5.74) is 0.338. The van der Waals surface area contributed by atoms with Crippen molar-refractivity contribution in [3.63, 3.8) is 0 Å². The molecule has 0 aliphatic heterocycles. The Balaban J connectivity index is 3.09. The van der Waals surface area contributed by atoms with Gasteiger partial charge in [-0.15, -0.1) is 0 Å². The van der Waals surface area contributed by atoms with Crippen LogP contribution in [0, 0.1) is 5.92 Å². The lowest BCUT2D eigenvalue weighted by atomic mass is 10.1. The molecule has 1 aromatic rings. The zero-order valence-electron chi connectivity index (χ0n) is 13.5. The molecular formula is C16H23NO5. The zero-order chi connectivity index (χ0) is 16.7. The molecule has 0 saturated heterocycles. The van der Waals surface area contributed by atoms with Crippen LogP contribution in [0.3, 0.4) is 0 Å². The van der Waals surface area contributed by atoms with Gasteiger partial charge in [0.2, 0.25) is 0 Å². The van der Waals surface area contributed by atoms with Crippen LogP contribution in [0.25, 0.3) is 0 Å². The Morgan fingerprint density at radius 2 is 2.00 bits per heavy atom. The molecule has 6 heteroatoms. The van der Waals surface area contributed by atoms with Crippen LogP contribution in [-0.4, -0.2) is 48.7 Å². The Kier molecular flexibility index (Phi) is 6.69. The van der Waals surface area contributed by atoms with Gasteiger partial charge in [0.1, 0.15) is 18.0 Å². The highest BCUT2D eigenvalue weighted by Gasteiger charge is 2.21. The molecule has 1 aromatic carbocycles. The first-order valence-electron chi connectivity index (χ1n) is 7.20. The highest BCUT2D eigenvalue weighted by Crippen LogP contribution is 2.26. The molecule has 0 spiro atoms. The van der Waals surface area contributed by atoms with Gasteiger partial charge in [0.05, 0.1) is 19.3 Å². The number of rotatable bonds is 8. The number of aliphatic carboxylic acids is 1. The number of carboxylic acid groups (broad SMARTS) is 1. The van der Waals surface area contributed by atoms with E-state index in [0.717, 1.165) is 0 Å². The van der Waals surface area contributed by atoms with Gasteiger partial charge in [0.15, 0.2) is 0 Å². The highest BCUT2D eigenvalue weighted by molar-refractivity contribution is 5.98. The third-order valence-electron chi connectivity index (χ3n) is 2.99. The number of nitrogens with zero attached hydrogens (tertiary/aromatic N) is 1. The van der Waals surface area contributed by atoms with Crippen LogP contribution < -0.4 is 9.47 Å². The largest absolute Gasteiger partial charge is 0.497 e. The summed E-state index contributed by atoms with van der Waals surface area (Å²) in [5.74, 6) is -0.131. The van der Waals surface area contributed by atoms with Crippen molar-refractivity contribution < 1.29 is 24.2 Å². The van der Waals surface area contributed by atoms with Crippen molar-refractivity contribution in [1.29, 1.82) is 0 Å². The number of hydrogen-bond acceptors (Lipinski definition) is 4. The maximum absolute atomic E-state index is 12.5. The van der Waals surface area contributed by atoms with E-state index >= 15 is 0 Å². The Morgan fingerprint density at radius 1 is 1.32 bits per heavy atom. The van der Waals surface area contributed by atoms with Crippen LogP contribution in [0.4, 0.5) is 0 Å². The van der Waals surface area contributed by atoms with E-state index in [-0.39, 0.29) is 12.5 Å². The fourth-order valence-corrected chi connectivity index (χ4v) is 1.84. The van der Waals surface area contributed by atoms with Gasteiger partial charge in [-0.3, -0.25) is 9.59 Å². The molecule has 1 amide bonds. The second kappa shape index (κ2) is 8.26. The fourth-order valence-electron chi connectivity index (χ4n) is 1.84. The third kappa shape index (κ3) is 4.95. The molecule has 0 saturated carbocycles. The summed E-state index contributed by atoms with van der Waals surface area (Å²) in [4.78, 5) is 24.6. The average Bonchev–Trinajstić information content (AvgIpc) is 2.49. The first-order valence-corrected chi connectivity index (χ1v) is 7.20. The highest BCUT2D eigenvalue weighted by atomic mass is 16.5. The van der Waals surface area contributed by atoms with Crippen LogP contribution >= 0.6 is 0 Å². The molecule has 1 rings (SSSR count). The SMILES string of the molecule is CCN(CC(=O)O)C(=O)c1ccc(OC)cc1OCC(C)C. The maximum Gasteiger partial charge on any atom is 0.323 e. The molecular weight excluding hydrogens is 286 g/mol. The van der Waals surface area contributed by atoms with Crippen molar-refractivity contribution in [2.45, 2.75) is 20.8 Å².